The first kappa shape index (κ1) is 47.3. The molecule has 0 spiro atoms. The van der Waals surface area contributed by atoms with Crippen LogP contribution in [-0.2, 0) is 56.1 Å². The Bertz CT molecular complexity index is 2010. The highest BCUT2D eigenvalue weighted by atomic mass is 16.5. The number of benzene rings is 3. The van der Waals surface area contributed by atoms with E-state index in [0.29, 0.717) is 12.8 Å². The molecule has 1 unspecified atom stereocenters. The fourth-order valence-electron chi connectivity index (χ4n) is 6.68. The van der Waals surface area contributed by atoms with Gasteiger partial charge in [-0.15, -0.1) is 0 Å². The van der Waals surface area contributed by atoms with Crippen molar-refractivity contribution < 1.29 is 43.1 Å². The first-order valence-corrected chi connectivity index (χ1v) is 20.6. The molecule has 0 saturated carbocycles. The molecular formula is C44H58N8O9. The van der Waals surface area contributed by atoms with Gasteiger partial charge in [0, 0.05) is 39.4 Å². The van der Waals surface area contributed by atoms with Crippen LogP contribution in [0.4, 0.5) is 0 Å². The van der Waals surface area contributed by atoms with Gasteiger partial charge in [0.15, 0.2) is 0 Å². The zero-order valence-corrected chi connectivity index (χ0v) is 35.2. The Balaban J connectivity index is 1.69. The van der Waals surface area contributed by atoms with E-state index in [1.807, 2.05) is 72.8 Å². The molecule has 328 valence electrons. The van der Waals surface area contributed by atoms with E-state index in [0.717, 1.165) is 21.9 Å². The molecule has 3 aromatic rings. The number of hydrogen-bond acceptors (Lipinski definition) is 9. The Morgan fingerprint density at radius 3 is 2.23 bits per heavy atom. The van der Waals surface area contributed by atoms with Gasteiger partial charge in [-0.3, -0.25) is 38.4 Å². The highest BCUT2D eigenvalue weighted by Crippen LogP contribution is 2.20. The number of ether oxygens (including phenoxy) is 1. The SMILES string of the molecule is CC(=O)NCC(=O)N[C@H]1CCC(=O)NCCCCNC(=O)[C@H](C)NC(=O)CNC(=O)[C@@H](Cc2cccc3ccccc23)NC(=O)[C@H](C)N(CC(C)OCc2ccccc2)C1=O. The normalized spacial score (nSPS) is 21.2. The number of amides is 8. The topological polar surface area (TPSA) is 233 Å². The summed E-state index contributed by atoms with van der Waals surface area (Å²) >= 11 is 0. The van der Waals surface area contributed by atoms with E-state index < -0.39 is 90.6 Å². The monoisotopic (exact) mass is 842 g/mol. The zero-order valence-electron chi connectivity index (χ0n) is 35.2. The van der Waals surface area contributed by atoms with Crippen molar-refractivity contribution in [2.45, 2.75) is 96.7 Å². The summed E-state index contributed by atoms with van der Waals surface area (Å²) in [6.07, 6.45) is 0.0648. The van der Waals surface area contributed by atoms with Gasteiger partial charge in [-0.25, -0.2) is 0 Å². The second-order valence-electron chi connectivity index (χ2n) is 15.1. The lowest BCUT2D eigenvalue weighted by Crippen LogP contribution is -2.59. The first-order chi connectivity index (χ1) is 29.2. The van der Waals surface area contributed by atoms with E-state index in [1.165, 1.54) is 25.7 Å². The summed E-state index contributed by atoms with van der Waals surface area (Å²) in [5.74, 6) is -4.73. The smallest absolute Gasteiger partial charge is 0.245 e. The zero-order chi connectivity index (χ0) is 44.3. The summed E-state index contributed by atoms with van der Waals surface area (Å²) in [5, 5.41) is 20.3. The molecule has 0 radical (unpaired) electrons. The molecule has 0 aliphatic carbocycles. The van der Waals surface area contributed by atoms with Gasteiger partial charge in [0.05, 0.1) is 25.8 Å². The molecule has 17 nitrogen and oxygen atoms in total. The van der Waals surface area contributed by atoms with Crippen molar-refractivity contribution in [2.24, 2.45) is 0 Å². The van der Waals surface area contributed by atoms with Crippen LogP contribution in [-0.4, -0.2) is 115 Å². The molecule has 1 saturated heterocycles. The molecule has 1 heterocycles. The van der Waals surface area contributed by atoms with Crippen molar-refractivity contribution in [3.8, 4) is 0 Å². The van der Waals surface area contributed by atoms with Gasteiger partial charge in [-0.2, -0.15) is 0 Å². The number of carbonyl (C=O) groups is 8. The number of nitrogens with one attached hydrogen (secondary N) is 7. The lowest BCUT2D eigenvalue weighted by molar-refractivity contribution is -0.145. The summed E-state index contributed by atoms with van der Waals surface area (Å²) in [4.78, 5) is 107. The fourth-order valence-corrected chi connectivity index (χ4v) is 6.68. The van der Waals surface area contributed by atoms with Crippen LogP contribution in [0.5, 0.6) is 0 Å². The van der Waals surface area contributed by atoms with Crippen molar-refractivity contribution in [1.82, 2.24) is 42.1 Å². The lowest BCUT2D eigenvalue weighted by Gasteiger charge is -2.34. The third-order valence-corrected chi connectivity index (χ3v) is 10.1. The highest BCUT2D eigenvalue weighted by molar-refractivity contribution is 5.96. The second-order valence-corrected chi connectivity index (χ2v) is 15.1. The number of hydrogen-bond donors (Lipinski definition) is 7. The lowest BCUT2D eigenvalue weighted by atomic mass is 9.98. The summed E-state index contributed by atoms with van der Waals surface area (Å²) in [7, 11) is 0. The molecule has 3 aromatic carbocycles. The van der Waals surface area contributed by atoms with E-state index >= 15 is 0 Å². The molecule has 0 aromatic heterocycles. The van der Waals surface area contributed by atoms with Crippen molar-refractivity contribution in [3.05, 3.63) is 83.9 Å². The Labute approximate surface area is 355 Å². The molecule has 4 rings (SSSR count). The minimum atomic E-state index is -1.31. The second kappa shape index (κ2) is 24.0. The fraction of sp³-hybridized carbons (Fsp3) is 0.455. The Morgan fingerprint density at radius 2 is 1.49 bits per heavy atom. The van der Waals surface area contributed by atoms with Crippen LogP contribution in [0.1, 0.15) is 64.5 Å². The summed E-state index contributed by atoms with van der Waals surface area (Å²) in [6, 6.07) is 17.8. The minimum Gasteiger partial charge on any atom is -0.372 e. The molecule has 5 atom stereocenters. The molecule has 17 heteroatoms. The van der Waals surface area contributed by atoms with Crippen LogP contribution < -0.4 is 37.2 Å². The standard InChI is InChI=1S/C44H58N8O9/c1-28(61-27-32-13-6-5-7-14-32)26-52-30(3)42(58)51-37(23-34-17-12-16-33-15-8-9-18-35(33)34)43(59)48-25-39(55)49-29(2)41(57)46-22-11-10-21-45-38(54)20-19-36(44(52)60)50-40(56)24-47-31(4)53/h5-9,12-18,28-30,36-37H,10-11,19-27H2,1-4H3,(H,45,54)(H,46,57)(H,47,53)(H,48,59)(H,49,55)(H,50,56)(H,51,58)/t28?,29-,30-,36-,37+/m0/s1. The predicted molar refractivity (Wildman–Crippen MR) is 227 cm³/mol. The molecular weight excluding hydrogens is 785 g/mol. The van der Waals surface area contributed by atoms with Gasteiger partial charge in [-0.1, -0.05) is 72.8 Å². The first-order valence-electron chi connectivity index (χ1n) is 20.6. The molecule has 8 amide bonds. The maximum absolute atomic E-state index is 14.6. The van der Waals surface area contributed by atoms with E-state index in [2.05, 4.69) is 37.2 Å². The predicted octanol–water partition coefficient (Wildman–Crippen LogP) is 0.738. The van der Waals surface area contributed by atoms with Crippen molar-refractivity contribution >= 4 is 58.0 Å². The van der Waals surface area contributed by atoms with Crippen LogP contribution in [0, 0.1) is 0 Å². The van der Waals surface area contributed by atoms with Gasteiger partial charge in [0.2, 0.25) is 47.3 Å². The number of carbonyl (C=O) groups excluding carboxylic acids is 8. The van der Waals surface area contributed by atoms with Gasteiger partial charge in [0.1, 0.15) is 24.2 Å². The van der Waals surface area contributed by atoms with Gasteiger partial charge >= 0.3 is 0 Å². The average Bonchev–Trinajstić information content (AvgIpc) is 3.25. The van der Waals surface area contributed by atoms with Crippen molar-refractivity contribution in [1.29, 1.82) is 0 Å². The number of fused-ring (bicyclic) bond motifs is 1. The highest BCUT2D eigenvalue weighted by Gasteiger charge is 2.35. The maximum Gasteiger partial charge on any atom is 0.245 e. The third-order valence-electron chi connectivity index (χ3n) is 10.1. The molecule has 1 aliphatic heterocycles. The number of nitrogens with zero attached hydrogens (tertiary/aromatic N) is 1. The molecule has 1 aliphatic rings. The molecule has 0 bridgehead atoms. The Morgan fingerprint density at radius 1 is 0.803 bits per heavy atom. The summed E-state index contributed by atoms with van der Waals surface area (Å²) < 4.78 is 6.11. The molecule has 1 fully saturated rings. The third kappa shape index (κ3) is 15.6. The van der Waals surface area contributed by atoms with E-state index in [-0.39, 0.29) is 45.5 Å². The number of rotatable bonds is 10. The van der Waals surface area contributed by atoms with Gasteiger partial charge in [-0.05, 0) is 61.9 Å². The van der Waals surface area contributed by atoms with Gasteiger partial charge < -0.3 is 46.9 Å². The molecule has 61 heavy (non-hydrogen) atoms. The largest absolute Gasteiger partial charge is 0.372 e. The maximum atomic E-state index is 14.6. The summed E-state index contributed by atoms with van der Waals surface area (Å²) in [6.45, 7) is 5.66. The van der Waals surface area contributed by atoms with E-state index in [9.17, 15) is 38.4 Å². The van der Waals surface area contributed by atoms with Crippen LogP contribution in [0.3, 0.4) is 0 Å². The molecule has 7 N–H and O–H groups in total. The summed E-state index contributed by atoms with van der Waals surface area (Å²) in [5.41, 5.74) is 1.61. The van der Waals surface area contributed by atoms with Crippen LogP contribution in [0.25, 0.3) is 10.8 Å². The Hall–Kier alpha value is -6.36. The Kier molecular flexibility index (Phi) is 18.6. The van der Waals surface area contributed by atoms with Crippen molar-refractivity contribution in [2.75, 3.05) is 32.7 Å². The van der Waals surface area contributed by atoms with E-state index in [1.54, 1.807) is 6.92 Å². The van der Waals surface area contributed by atoms with Crippen LogP contribution >= 0.6 is 0 Å². The van der Waals surface area contributed by atoms with E-state index in [4.69, 9.17) is 4.74 Å². The quantitative estimate of drug-likeness (QED) is 0.152. The van der Waals surface area contributed by atoms with Gasteiger partial charge in [0.25, 0.3) is 0 Å². The minimum absolute atomic E-state index is 0.00749. The van der Waals surface area contributed by atoms with Crippen LogP contribution in [0.2, 0.25) is 0 Å². The van der Waals surface area contributed by atoms with Crippen molar-refractivity contribution in [3.63, 3.8) is 0 Å². The average molecular weight is 843 g/mol. The van der Waals surface area contributed by atoms with Crippen LogP contribution in [0.15, 0.2) is 72.8 Å².